The Balaban J connectivity index is 1.84. The van der Waals surface area contributed by atoms with Gasteiger partial charge in [0.2, 0.25) is 0 Å². The van der Waals surface area contributed by atoms with Crippen molar-refractivity contribution in [1.82, 2.24) is 10.6 Å². The van der Waals surface area contributed by atoms with E-state index in [1.165, 1.54) is 0 Å². The third-order valence-electron chi connectivity index (χ3n) is 3.60. The molecule has 1 aliphatic rings. The van der Waals surface area contributed by atoms with Crippen LogP contribution < -0.4 is 15.4 Å². The van der Waals surface area contributed by atoms with Gasteiger partial charge in [0.1, 0.15) is 11.9 Å². The number of benzene rings is 1. The van der Waals surface area contributed by atoms with Gasteiger partial charge in [-0.2, -0.15) is 0 Å². The minimum Gasteiger partial charge on any atom is -0.493 e. The second kappa shape index (κ2) is 8.76. The molecule has 1 aromatic carbocycles. The number of para-hydroxylation sites is 1. The molecule has 0 aliphatic carbocycles. The number of amides is 1. The van der Waals surface area contributed by atoms with E-state index in [4.69, 9.17) is 9.47 Å². The molecular weight excluding hydrogens is 280 g/mol. The van der Waals surface area contributed by atoms with E-state index < -0.39 is 6.10 Å². The minimum absolute atomic E-state index is 0.0795. The molecule has 1 aromatic rings. The van der Waals surface area contributed by atoms with E-state index in [0.717, 1.165) is 24.3 Å². The fourth-order valence-corrected chi connectivity index (χ4v) is 2.23. The maximum atomic E-state index is 12.1. The van der Waals surface area contributed by atoms with Gasteiger partial charge in [-0.05, 0) is 18.4 Å². The standard InChI is InChI=1S/C17H26N2O3/c1-13(2)7-9-21-15-6-4-3-5-14(15)11-19-17(20)16-12-18-8-10-22-16/h3-6,13,16,18H,7-12H2,1-2H3,(H,19,20). The van der Waals surface area contributed by atoms with Crippen molar-refractivity contribution in [3.63, 3.8) is 0 Å². The van der Waals surface area contributed by atoms with Crippen molar-refractivity contribution in [3.05, 3.63) is 29.8 Å². The lowest BCUT2D eigenvalue weighted by Gasteiger charge is -2.23. The summed E-state index contributed by atoms with van der Waals surface area (Å²) in [4.78, 5) is 12.1. The average Bonchev–Trinajstić information content (AvgIpc) is 2.54. The molecule has 5 nitrogen and oxygen atoms in total. The van der Waals surface area contributed by atoms with Gasteiger partial charge in [-0.15, -0.1) is 0 Å². The number of morpholine rings is 1. The lowest BCUT2D eigenvalue weighted by Crippen LogP contribution is -2.47. The normalized spacial score (nSPS) is 18.2. The van der Waals surface area contributed by atoms with Crippen molar-refractivity contribution >= 4 is 5.91 Å². The van der Waals surface area contributed by atoms with Gasteiger partial charge in [0.15, 0.2) is 0 Å². The van der Waals surface area contributed by atoms with Crippen molar-refractivity contribution in [2.45, 2.75) is 32.9 Å². The van der Waals surface area contributed by atoms with Crippen LogP contribution in [-0.2, 0) is 16.1 Å². The minimum atomic E-state index is -0.400. The predicted octanol–water partition coefficient (Wildman–Crippen LogP) is 1.72. The first-order chi connectivity index (χ1) is 10.7. The topological polar surface area (TPSA) is 59.6 Å². The number of ether oxygens (including phenoxy) is 2. The molecule has 1 unspecified atom stereocenters. The molecule has 1 saturated heterocycles. The van der Waals surface area contributed by atoms with Crippen molar-refractivity contribution < 1.29 is 14.3 Å². The summed E-state index contributed by atoms with van der Waals surface area (Å²) >= 11 is 0. The molecule has 0 bridgehead atoms. The highest BCUT2D eigenvalue weighted by atomic mass is 16.5. The summed E-state index contributed by atoms with van der Waals surface area (Å²) in [6.07, 6.45) is 0.616. The van der Waals surface area contributed by atoms with Crippen LogP contribution in [0.4, 0.5) is 0 Å². The van der Waals surface area contributed by atoms with Gasteiger partial charge in [-0.25, -0.2) is 0 Å². The Bertz CT molecular complexity index is 471. The molecule has 0 spiro atoms. The van der Waals surface area contributed by atoms with E-state index in [1.54, 1.807) is 0 Å². The van der Waals surface area contributed by atoms with Crippen LogP contribution in [0.1, 0.15) is 25.8 Å². The Morgan fingerprint density at radius 2 is 2.27 bits per heavy atom. The summed E-state index contributed by atoms with van der Waals surface area (Å²) in [7, 11) is 0. The maximum absolute atomic E-state index is 12.1. The Morgan fingerprint density at radius 3 is 3.00 bits per heavy atom. The number of carbonyl (C=O) groups excluding carboxylic acids is 1. The first-order valence-electron chi connectivity index (χ1n) is 7.97. The molecule has 0 saturated carbocycles. The average molecular weight is 306 g/mol. The van der Waals surface area contributed by atoms with Crippen molar-refractivity contribution in [1.29, 1.82) is 0 Å². The van der Waals surface area contributed by atoms with Gasteiger partial charge in [0.25, 0.3) is 5.91 Å². The van der Waals surface area contributed by atoms with Gasteiger partial charge >= 0.3 is 0 Å². The highest BCUT2D eigenvalue weighted by molar-refractivity contribution is 5.81. The molecule has 0 radical (unpaired) electrons. The Morgan fingerprint density at radius 1 is 1.45 bits per heavy atom. The first kappa shape index (κ1) is 16.8. The summed E-state index contributed by atoms with van der Waals surface area (Å²) in [6.45, 7) is 7.44. The molecule has 5 heteroatoms. The van der Waals surface area contributed by atoms with E-state index in [2.05, 4.69) is 24.5 Å². The van der Waals surface area contributed by atoms with Crippen LogP contribution in [-0.4, -0.2) is 38.3 Å². The first-order valence-corrected chi connectivity index (χ1v) is 7.97. The molecule has 122 valence electrons. The van der Waals surface area contributed by atoms with Crippen molar-refractivity contribution in [2.75, 3.05) is 26.3 Å². The van der Waals surface area contributed by atoms with Gasteiger partial charge in [0.05, 0.1) is 13.2 Å². The monoisotopic (exact) mass is 306 g/mol. The number of carbonyl (C=O) groups is 1. The quantitative estimate of drug-likeness (QED) is 0.805. The van der Waals surface area contributed by atoms with Crippen LogP contribution in [0.3, 0.4) is 0 Å². The van der Waals surface area contributed by atoms with Gasteiger partial charge in [-0.1, -0.05) is 32.0 Å². The van der Waals surface area contributed by atoms with Crippen LogP contribution in [0.2, 0.25) is 0 Å². The molecule has 0 aromatic heterocycles. The molecule has 22 heavy (non-hydrogen) atoms. The third kappa shape index (κ3) is 5.31. The van der Waals surface area contributed by atoms with Crippen LogP contribution >= 0.6 is 0 Å². The van der Waals surface area contributed by atoms with E-state index in [0.29, 0.717) is 32.2 Å². The van der Waals surface area contributed by atoms with Crippen LogP contribution in [0.5, 0.6) is 5.75 Å². The summed E-state index contributed by atoms with van der Waals surface area (Å²) in [6, 6.07) is 7.82. The largest absolute Gasteiger partial charge is 0.493 e. The number of nitrogens with one attached hydrogen (secondary N) is 2. The lowest BCUT2D eigenvalue weighted by molar-refractivity contribution is -0.134. The Labute approximate surface area is 132 Å². The molecular formula is C17H26N2O3. The second-order valence-corrected chi connectivity index (χ2v) is 5.92. The van der Waals surface area contributed by atoms with Crippen molar-refractivity contribution in [2.24, 2.45) is 5.92 Å². The Kier molecular flexibility index (Phi) is 6.68. The van der Waals surface area contributed by atoms with E-state index in [1.807, 2.05) is 24.3 Å². The van der Waals surface area contributed by atoms with Gasteiger partial charge in [0, 0.05) is 25.2 Å². The zero-order valence-corrected chi connectivity index (χ0v) is 13.4. The zero-order chi connectivity index (χ0) is 15.8. The van der Waals surface area contributed by atoms with E-state index in [9.17, 15) is 4.79 Å². The van der Waals surface area contributed by atoms with Gasteiger partial charge in [-0.3, -0.25) is 4.79 Å². The summed E-state index contributed by atoms with van der Waals surface area (Å²) < 4.78 is 11.3. The molecule has 1 aliphatic heterocycles. The summed E-state index contributed by atoms with van der Waals surface area (Å²) in [5.41, 5.74) is 0.989. The SMILES string of the molecule is CC(C)CCOc1ccccc1CNC(=O)C1CNCCO1. The summed E-state index contributed by atoms with van der Waals surface area (Å²) in [5, 5.41) is 6.08. The summed E-state index contributed by atoms with van der Waals surface area (Å²) in [5.74, 6) is 1.37. The number of hydrogen-bond donors (Lipinski definition) is 2. The highest BCUT2D eigenvalue weighted by Crippen LogP contribution is 2.18. The van der Waals surface area contributed by atoms with E-state index >= 15 is 0 Å². The fraction of sp³-hybridized carbons (Fsp3) is 0.588. The predicted molar refractivity (Wildman–Crippen MR) is 85.8 cm³/mol. The lowest BCUT2D eigenvalue weighted by atomic mass is 10.1. The zero-order valence-electron chi connectivity index (χ0n) is 13.4. The molecule has 1 heterocycles. The van der Waals surface area contributed by atoms with Crippen LogP contribution in [0.25, 0.3) is 0 Å². The van der Waals surface area contributed by atoms with E-state index in [-0.39, 0.29) is 5.91 Å². The molecule has 2 rings (SSSR count). The van der Waals surface area contributed by atoms with Crippen LogP contribution in [0.15, 0.2) is 24.3 Å². The molecule has 1 fully saturated rings. The highest BCUT2D eigenvalue weighted by Gasteiger charge is 2.21. The Hall–Kier alpha value is -1.59. The smallest absolute Gasteiger partial charge is 0.250 e. The van der Waals surface area contributed by atoms with Crippen molar-refractivity contribution in [3.8, 4) is 5.75 Å². The molecule has 1 amide bonds. The van der Waals surface area contributed by atoms with Gasteiger partial charge < -0.3 is 20.1 Å². The number of rotatable bonds is 7. The number of hydrogen-bond acceptors (Lipinski definition) is 4. The second-order valence-electron chi connectivity index (χ2n) is 5.92. The van der Waals surface area contributed by atoms with Crippen LogP contribution in [0, 0.1) is 5.92 Å². The third-order valence-corrected chi connectivity index (χ3v) is 3.60. The molecule has 2 N–H and O–H groups in total. The maximum Gasteiger partial charge on any atom is 0.250 e. The molecule has 1 atom stereocenters. The fourth-order valence-electron chi connectivity index (χ4n) is 2.23.